The summed E-state index contributed by atoms with van der Waals surface area (Å²) in [4.78, 5) is 14.4. The minimum absolute atomic E-state index is 0.153. The Labute approximate surface area is 314 Å². The maximum absolute atomic E-state index is 9.15. The van der Waals surface area contributed by atoms with E-state index in [2.05, 4.69) is 0 Å². The third kappa shape index (κ3) is 4.20. The van der Waals surface area contributed by atoms with Crippen molar-refractivity contribution in [3.8, 4) is 34.4 Å². The Morgan fingerprint density at radius 1 is 0.412 bits per heavy atom. The lowest BCUT2D eigenvalue weighted by Gasteiger charge is -2.13. The Morgan fingerprint density at radius 3 is 1.49 bits per heavy atom. The van der Waals surface area contributed by atoms with E-state index in [1.54, 1.807) is 18.2 Å². The molecule has 0 bridgehead atoms. The van der Waals surface area contributed by atoms with Gasteiger partial charge < -0.3 is 4.42 Å². The van der Waals surface area contributed by atoms with Crippen LogP contribution in [0.3, 0.4) is 0 Å². The summed E-state index contributed by atoms with van der Waals surface area (Å²) in [5.74, 6) is -1.10. The molecule has 0 aliphatic heterocycles. The fourth-order valence-electron chi connectivity index (χ4n) is 6.67. The second-order valence-corrected chi connectivity index (χ2v) is 11.7. The van der Waals surface area contributed by atoms with Crippen LogP contribution in [-0.4, -0.2) is 24.1 Å². The molecule has 0 unspecified atom stereocenters. The van der Waals surface area contributed by atoms with E-state index in [9.17, 15) is 0 Å². The number of hydrogen-bond acceptors (Lipinski definition) is 4. The SMILES string of the molecule is [2H]c1c([2H])c([2H])c2c(c1[2H])c1c([2H])c([2H])c([2H])c([2H])c1n2-c1nc(-c2cccc(-c3ccc4c(c3)oc3ccccc34)c2)nc(-n2c3c([2H])c([2H])c([2H])c([2H])c3c3c([2H])c([2H])c([2H])c([2H])c32)n1. The van der Waals surface area contributed by atoms with Crippen molar-refractivity contribution in [2.45, 2.75) is 0 Å². The van der Waals surface area contributed by atoms with Crippen LogP contribution >= 0.6 is 0 Å². The molecule has 0 saturated carbocycles. The molecule has 6 heteroatoms. The van der Waals surface area contributed by atoms with Gasteiger partial charge in [0.2, 0.25) is 11.9 Å². The lowest BCUT2D eigenvalue weighted by molar-refractivity contribution is 0.669. The fraction of sp³-hybridized carbons (Fsp3) is 0. The summed E-state index contributed by atoms with van der Waals surface area (Å²) in [5.41, 5.74) is 1.72. The van der Waals surface area contributed by atoms with Gasteiger partial charge in [-0.1, -0.05) is 115 Å². The first kappa shape index (κ1) is 16.6. The van der Waals surface area contributed by atoms with Crippen LogP contribution in [0.1, 0.15) is 21.9 Å². The van der Waals surface area contributed by atoms with Gasteiger partial charge in [-0.2, -0.15) is 15.0 Å². The highest BCUT2D eigenvalue weighted by atomic mass is 16.3. The molecule has 0 amide bonds. The minimum atomic E-state index is -0.699. The first-order chi connectivity index (χ1) is 31.9. The number of fused-ring (bicyclic) bond motifs is 9. The summed E-state index contributed by atoms with van der Waals surface area (Å²) in [6.45, 7) is 0. The highest BCUT2D eigenvalue weighted by Gasteiger charge is 2.20. The number of nitrogens with zero attached hydrogens (tertiary/aromatic N) is 5. The van der Waals surface area contributed by atoms with E-state index in [0.29, 0.717) is 22.3 Å². The summed E-state index contributed by atoms with van der Waals surface area (Å²) in [6.07, 6.45) is 0. The van der Waals surface area contributed by atoms with Crippen molar-refractivity contribution in [1.29, 1.82) is 0 Å². The number of furan rings is 1. The highest BCUT2D eigenvalue weighted by molar-refractivity contribution is 6.10. The van der Waals surface area contributed by atoms with Gasteiger partial charge in [-0.15, -0.1) is 0 Å². The van der Waals surface area contributed by atoms with Gasteiger partial charge >= 0.3 is 0 Å². The molecule has 51 heavy (non-hydrogen) atoms. The van der Waals surface area contributed by atoms with Crippen molar-refractivity contribution in [3.63, 3.8) is 0 Å². The number of para-hydroxylation sites is 5. The van der Waals surface area contributed by atoms with Crippen molar-refractivity contribution < 1.29 is 26.3 Å². The van der Waals surface area contributed by atoms with E-state index in [1.807, 2.05) is 48.5 Å². The van der Waals surface area contributed by atoms with Gasteiger partial charge in [0.15, 0.2) is 5.82 Å². The summed E-state index contributed by atoms with van der Waals surface area (Å²) in [6, 6.07) is 9.76. The Bertz CT molecular complexity index is 3750. The van der Waals surface area contributed by atoms with Gasteiger partial charge in [0.25, 0.3) is 0 Å². The van der Waals surface area contributed by atoms with Crippen molar-refractivity contribution in [2.75, 3.05) is 0 Å². The van der Waals surface area contributed by atoms with Crippen LogP contribution in [0.15, 0.2) is 168 Å². The Hall–Kier alpha value is -7.05. The van der Waals surface area contributed by atoms with Crippen molar-refractivity contribution >= 4 is 65.6 Å². The smallest absolute Gasteiger partial charge is 0.240 e. The van der Waals surface area contributed by atoms with Crippen LogP contribution in [0.2, 0.25) is 0 Å². The second kappa shape index (κ2) is 10.7. The molecule has 0 atom stereocenters. The quantitative estimate of drug-likeness (QED) is 0.187. The largest absolute Gasteiger partial charge is 0.456 e. The lowest BCUT2D eigenvalue weighted by atomic mass is 10.0. The van der Waals surface area contributed by atoms with E-state index in [0.717, 1.165) is 25.5 Å². The van der Waals surface area contributed by atoms with Gasteiger partial charge in [0.1, 0.15) is 11.2 Å². The molecule has 238 valence electrons. The predicted octanol–water partition coefficient (Wildman–Crippen LogP) is 11.3. The van der Waals surface area contributed by atoms with E-state index in [-0.39, 0.29) is 49.4 Å². The summed E-state index contributed by atoms with van der Waals surface area (Å²) >= 11 is 0. The molecule has 11 rings (SSSR count). The fourth-order valence-corrected chi connectivity index (χ4v) is 6.67. The number of rotatable bonds is 4. The molecule has 0 aliphatic carbocycles. The average molecular weight is 670 g/mol. The molecule has 0 spiro atoms. The summed E-state index contributed by atoms with van der Waals surface area (Å²) < 4.78 is 150. The van der Waals surface area contributed by atoms with Gasteiger partial charge in [-0.3, -0.25) is 9.13 Å². The minimum Gasteiger partial charge on any atom is -0.456 e. The van der Waals surface area contributed by atoms with Crippen LogP contribution in [0.4, 0.5) is 0 Å². The predicted molar refractivity (Wildman–Crippen MR) is 207 cm³/mol. The third-order valence-electron chi connectivity index (χ3n) is 8.91. The first-order valence-electron chi connectivity index (χ1n) is 23.7. The number of hydrogen-bond donors (Lipinski definition) is 0. The van der Waals surface area contributed by atoms with E-state index < -0.39 is 109 Å². The van der Waals surface area contributed by atoms with Crippen LogP contribution in [0, 0.1) is 0 Å². The normalized spacial score (nSPS) is 16.3. The van der Waals surface area contributed by atoms with Gasteiger partial charge in [-0.25, -0.2) is 0 Å². The molecule has 6 nitrogen and oxygen atoms in total. The van der Waals surface area contributed by atoms with Crippen molar-refractivity contribution in [3.05, 3.63) is 163 Å². The molecule has 0 aliphatic rings. The Morgan fingerprint density at radius 2 is 0.902 bits per heavy atom. The number of benzene rings is 7. The van der Waals surface area contributed by atoms with Crippen LogP contribution in [-0.2, 0) is 0 Å². The Balaban J connectivity index is 1.30. The van der Waals surface area contributed by atoms with E-state index in [4.69, 9.17) is 41.3 Å². The van der Waals surface area contributed by atoms with Crippen molar-refractivity contribution in [1.82, 2.24) is 24.1 Å². The van der Waals surface area contributed by atoms with Gasteiger partial charge in [-0.05, 0) is 59.6 Å². The zero-order valence-corrected chi connectivity index (χ0v) is 26.0. The standard InChI is InChI=1S/C45H27N5O/c1-6-19-37-31(14-1)32-15-2-7-20-38(32)49(37)44-46-43(47-45(48-44)50-39-21-8-3-16-33(39)34-17-4-9-22-40(34)50)30-13-11-12-28(26-30)29-24-25-36-35-18-5-10-23-41(35)51-42(36)27-29/h1-27H/i1D,2D,3D,4D,6D,7D,8D,9D,14D,15D,16D,17D,19D,20D,21D,22D. The molecule has 4 aromatic heterocycles. The molecule has 0 radical (unpaired) electrons. The highest BCUT2D eigenvalue weighted by Crippen LogP contribution is 2.36. The van der Waals surface area contributed by atoms with Crippen LogP contribution in [0.5, 0.6) is 0 Å². The van der Waals surface area contributed by atoms with Crippen LogP contribution in [0.25, 0.3) is 100.0 Å². The van der Waals surface area contributed by atoms with Crippen molar-refractivity contribution in [2.24, 2.45) is 0 Å². The molecule has 4 heterocycles. The third-order valence-corrected chi connectivity index (χ3v) is 8.91. The number of aromatic nitrogens is 5. The summed E-state index contributed by atoms with van der Waals surface area (Å²) in [5, 5.41) is 0.771. The Kier molecular flexibility index (Phi) is 3.48. The maximum atomic E-state index is 9.15. The lowest BCUT2D eigenvalue weighted by Crippen LogP contribution is -2.10. The van der Waals surface area contributed by atoms with E-state index in [1.165, 1.54) is 0 Å². The van der Waals surface area contributed by atoms with E-state index >= 15 is 0 Å². The van der Waals surface area contributed by atoms with Crippen LogP contribution < -0.4 is 0 Å². The molecule has 0 fully saturated rings. The zero-order valence-electron chi connectivity index (χ0n) is 42.0. The molecule has 0 N–H and O–H groups in total. The topological polar surface area (TPSA) is 61.7 Å². The molecule has 0 saturated heterocycles. The van der Waals surface area contributed by atoms with Gasteiger partial charge in [0, 0.05) is 37.9 Å². The van der Waals surface area contributed by atoms with Gasteiger partial charge in [0.05, 0.1) is 44.0 Å². The molecular weight excluding hydrogens is 627 g/mol. The monoisotopic (exact) mass is 669 g/mol. The molecule has 7 aromatic carbocycles. The average Bonchev–Trinajstić information content (AvgIpc) is 4.02. The molecular formula is C45H27N5O. The zero-order chi connectivity index (χ0) is 47.4. The maximum Gasteiger partial charge on any atom is 0.240 e. The second-order valence-electron chi connectivity index (χ2n) is 11.7. The molecule has 11 aromatic rings. The first-order valence-corrected chi connectivity index (χ1v) is 15.7. The summed E-state index contributed by atoms with van der Waals surface area (Å²) in [7, 11) is 0.